The molecule has 23 heavy (non-hydrogen) atoms. The Morgan fingerprint density at radius 2 is 2.00 bits per heavy atom. The van der Waals surface area contributed by atoms with Crippen molar-refractivity contribution in [2.24, 2.45) is 0 Å². The van der Waals surface area contributed by atoms with E-state index in [0.29, 0.717) is 6.61 Å². The second kappa shape index (κ2) is 10.1. The SMILES string of the molecule is CCCC(OCOCCCc1cccnc1)c1ccc(F)cc1. The molecular weight excluding hydrogens is 293 g/mol. The number of ether oxygens (including phenoxy) is 2. The van der Waals surface area contributed by atoms with E-state index in [1.165, 1.54) is 17.7 Å². The van der Waals surface area contributed by atoms with Crippen LogP contribution in [0.15, 0.2) is 48.8 Å². The smallest absolute Gasteiger partial charge is 0.147 e. The molecule has 0 N–H and O–H groups in total. The fourth-order valence-corrected chi connectivity index (χ4v) is 2.40. The average molecular weight is 317 g/mol. The van der Waals surface area contributed by atoms with Crippen LogP contribution in [-0.2, 0) is 15.9 Å². The topological polar surface area (TPSA) is 31.4 Å². The summed E-state index contributed by atoms with van der Waals surface area (Å²) in [6.45, 7) is 3.01. The van der Waals surface area contributed by atoms with Gasteiger partial charge in [0.1, 0.15) is 12.6 Å². The van der Waals surface area contributed by atoms with E-state index in [-0.39, 0.29) is 18.7 Å². The molecule has 0 aliphatic heterocycles. The number of aryl methyl sites for hydroxylation is 1. The molecule has 1 aromatic carbocycles. The molecule has 0 aliphatic carbocycles. The van der Waals surface area contributed by atoms with E-state index >= 15 is 0 Å². The molecule has 1 heterocycles. The number of hydrogen-bond donors (Lipinski definition) is 0. The van der Waals surface area contributed by atoms with Crippen molar-refractivity contribution >= 4 is 0 Å². The van der Waals surface area contributed by atoms with Crippen LogP contribution in [0.5, 0.6) is 0 Å². The van der Waals surface area contributed by atoms with Crippen LogP contribution in [-0.4, -0.2) is 18.4 Å². The molecule has 0 amide bonds. The highest BCUT2D eigenvalue weighted by Crippen LogP contribution is 2.23. The first-order valence-corrected chi connectivity index (χ1v) is 8.13. The Balaban J connectivity index is 1.67. The van der Waals surface area contributed by atoms with E-state index < -0.39 is 0 Å². The van der Waals surface area contributed by atoms with Gasteiger partial charge < -0.3 is 9.47 Å². The predicted molar refractivity (Wildman–Crippen MR) is 88.5 cm³/mol. The lowest BCUT2D eigenvalue weighted by atomic mass is 10.1. The molecular formula is C19H24FNO2. The molecule has 3 nitrogen and oxygen atoms in total. The summed E-state index contributed by atoms with van der Waals surface area (Å²) in [5.41, 5.74) is 2.21. The van der Waals surface area contributed by atoms with Gasteiger partial charge in [0.2, 0.25) is 0 Å². The van der Waals surface area contributed by atoms with Crippen LogP contribution in [0.2, 0.25) is 0 Å². The zero-order chi connectivity index (χ0) is 16.3. The Hall–Kier alpha value is -1.78. The lowest BCUT2D eigenvalue weighted by Gasteiger charge is -2.17. The summed E-state index contributed by atoms with van der Waals surface area (Å²) in [7, 11) is 0. The van der Waals surface area contributed by atoms with Crippen LogP contribution in [0.4, 0.5) is 4.39 Å². The zero-order valence-corrected chi connectivity index (χ0v) is 13.6. The summed E-state index contributed by atoms with van der Waals surface area (Å²) in [6.07, 6.45) is 7.39. The molecule has 2 rings (SSSR count). The van der Waals surface area contributed by atoms with Crippen molar-refractivity contribution in [2.75, 3.05) is 13.4 Å². The van der Waals surface area contributed by atoms with Crippen LogP contribution < -0.4 is 0 Å². The second-order valence-electron chi connectivity index (χ2n) is 5.49. The van der Waals surface area contributed by atoms with E-state index in [1.807, 2.05) is 12.3 Å². The number of benzene rings is 1. The molecule has 1 aromatic heterocycles. The minimum atomic E-state index is -0.226. The molecule has 124 valence electrons. The summed E-state index contributed by atoms with van der Waals surface area (Å²) in [4.78, 5) is 4.09. The molecule has 1 unspecified atom stereocenters. The van der Waals surface area contributed by atoms with Gasteiger partial charge >= 0.3 is 0 Å². The van der Waals surface area contributed by atoms with Crippen molar-refractivity contribution in [1.29, 1.82) is 0 Å². The van der Waals surface area contributed by atoms with Gasteiger partial charge in [-0.3, -0.25) is 4.98 Å². The van der Waals surface area contributed by atoms with Gasteiger partial charge in [0.25, 0.3) is 0 Å². The third kappa shape index (κ3) is 6.47. The first kappa shape index (κ1) is 17.6. The molecule has 0 saturated heterocycles. The summed E-state index contributed by atoms with van der Waals surface area (Å²) in [5, 5.41) is 0. The second-order valence-corrected chi connectivity index (χ2v) is 5.49. The monoisotopic (exact) mass is 317 g/mol. The van der Waals surface area contributed by atoms with E-state index in [0.717, 1.165) is 31.2 Å². The van der Waals surface area contributed by atoms with Gasteiger partial charge in [-0.1, -0.05) is 31.5 Å². The number of halogens is 1. The Kier molecular flexibility index (Phi) is 7.70. The number of rotatable bonds is 10. The van der Waals surface area contributed by atoms with Crippen LogP contribution in [0, 0.1) is 5.82 Å². The quantitative estimate of drug-likeness (QED) is 0.471. The molecule has 0 bridgehead atoms. The Bertz CT molecular complexity index is 545. The number of aromatic nitrogens is 1. The lowest BCUT2D eigenvalue weighted by Crippen LogP contribution is -2.09. The van der Waals surface area contributed by atoms with Crippen LogP contribution in [0.1, 0.15) is 43.4 Å². The summed E-state index contributed by atoms with van der Waals surface area (Å²) in [6, 6.07) is 10.5. The highest BCUT2D eigenvalue weighted by molar-refractivity contribution is 5.18. The Morgan fingerprint density at radius 1 is 1.17 bits per heavy atom. The third-order valence-electron chi connectivity index (χ3n) is 3.62. The first-order chi connectivity index (χ1) is 11.3. The molecule has 0 radical (unpaired) electrons. The van der Waals surface area contributed by atoms with E-state index in [4.69, 9.17) is 9.47 Å². The highest BCUT2D eigenvalue weighted by atomic mass is 19.1. The summed E-state index contributed by atoms with van der Waals surface area (Å²) >= 11 is 0. The van der Waals surface area contributed by atoms with Gasteiger partial charge in [0.15, 0.2) is 0 Å². The van der Waals surface area contributed by atoms with Crippen LogP contribution in [0.25, 0.3) is 0 Å². The van der Waals surface area contributed by atoms with Crippen molar-refractivity contribution in [3.63, 3.8) is 0 Å². The maximum atomic E-state index is 13.0. The third-order valence-corrected chi connectivity index (χ3v) is 3.62. The molecule has 0 spiro atoms. The molecule has 1 atom stereocenters. The number of nitrogens with zero attached hydrogens (tertiary/aromatic N) is 1. The predicted octanol–water partition coefficient (Wildman–Crippen LogP) is 4.69. The highest BCUT2D eigenvalue weighted by Gasteiger charge is 2.11. The molecule has 2 aromatic rings. The van der Waals surface area contributed by atoms with Crippen LogP contribution >= 0.6 is 0 Å². The Labute approximate surface area is 137 Å². The summed E-state index contributed by atoms with van der Waals surface area (Å²) < 4.78 is 24.4. The molecule has 0 saturated carbocycles. The first-order valence-electron chi connectivity index (χ1n) is 8.13. The van der Waals surface area contributed by atoms with E-state index in [1.54, 1.807) is 18.3 Å². The van der Waals surface area contributed by atoms with Crippen molar-refractivity contribution in [2.45, 2.75) is 38.7 Å². The van der Waals surface area contributed by atoms with Gasteiger partial charge in [-0.25, -0.2) is 4.39 Å². The fourth-order valence-electron chi connectivity index (χ4n) is 2.40. The lowest BCUT2D eigenvalue weighted by molar-refractivity contribution is -0.0938. The van der Waals surface area contributed by atoms with Gasteiger partial charge in [0.05, 0.1) is 6.10 Å². The van der Waals surface area contributed by atoms with Gasteiger partial charge in [0, 0.05) is 19.0 Å². The molecule has 0 aliphatic rings. The van der Waals surface area contributed by atoms with Crippen molar-refractivity contribution in [3.8, 4) is 0 Å². The van der Waals surface area contributed by atoms with Crippen LogP contribution in [0.3, 0.4) is 0 Å². The van der Waals surface area contributed by atoms with Crippen molar-refractivity contribution in [3.05, 3.63) is 65.7 Å². The Morgan fingerprint density at radius 3 is 2.70 bits per heavy atom. The van der Waals surface area contributed by atoms with E-state index in [9.17, 15) is 4.39 Å². The normalized spacial score (nSPS) is 12.3. The maximum Gasteiger partial charge on any atom is 0.147 e. The minimum Gasteiger partial charge on any atom is -0.355 e. The summed E-state index contributed by atoms with van der Waals surface area (Å²) in [5.74, 6) is -0.226. The number of pyridine rings is 1. The fraction of sp³-hybridized carbons (Fsp3) is 0.421. The van der Waals surface area contributed by atoms with E-state index in [2.05, 4.69) is 18.0 Å². The standard InChI is InChI=1S/C19H24FNO2/c1-2-5-19(17-8-10-18(20)11-9-17)23-15-22-13-4-7-16-6-3-12-21-14-16/h3,6,8-12,14,19H,2,4-5,7,13,15H2,1H3. The van der Waals surface area contributed by atoms with Gasteiger partial charge in [-0.15, -0.1) is 0 Å². The van der Waals surface area contributed by atoms with Crippen molar-refractivity contribution < 1.29 is 13.9 Å². The van der Waals surface area contributed by atoms with Crippen molar-refractivity contribution in [1.82, 2.24) is 4.98 Å². The van der Waals surface area contributed by atoms with Gasteiger partial charge in [-0.05, 0) is 48.6 Å². The minimum absolute atomic E-state index is 0.0427. The number of hydrogen-bond acceptors (Lipinski definition) is 3. The zero-order valence-electron chi connectivity index (χ0n) is 13.6. The largest absolute Gasteiger partial charge is 0.355 e. The average Bonchev–Trinajstić information content (AvgIpc) is 2.59. The van der Waals surface area contributed by atoms with Gasteiger partial charge in [-0.2, -0.15) is 0 Å². The maximum absolute atomic E-state index is 13.0. The molecule has 4 heteroatoms. The molecule has 0 fully saturated rings.